The minimum atomic E-state index is 0.523. The average Bonchev–Trinajstić information content (AvgIpc) is 2.36. The van der Waals surface area contributed by atoms with Crippen molar-refractivity contribution in [1.82, 2.24) is 0 Å². The Balaban J connectivity index is 2.07. The van der Waals surface area contributed by atoms with Gasteiger partial charge in [-0.25, -0.2) is 0 Å². The average molecular weight is 229 g/mol. The Bertz CT molecular complexity index is 450. The first-order chi connectivity index (χ1) is 7.90. The van der Waals surface area contributed by atoms with Crippen LogP contribution < -0.4 is 4.90 Å². The third-order valence-corrected chi connectivity index (χ3v) is 4.50. The number of allylic oxidation sites excluding steroid dienone is 2. The molecule has 0 radical (unpaired) electrons. The van der Waals surface area contributed by atoms with E-state index in [1.165, 1.54) is 10.6 Å². The zero-order chi connectivity index (χ0) is 11.0. The summed E-state index contributed by atoms with van der Waals surface area (Å²) in [4.78, 5) is 3.90. The molecule has 1 heterocycles. The van der Waals surface area contributed by atoms with E-state index >= 15 is 0 Å². The molecule has 0 saturated heterocycles. The topological polar surface area (TPSA) is 3.24 Å². The Morgan fingerprint density at radius 2 is 2.00 bits per heavy atom. The largest absolute Gasteiger partial charge is 0.363 e. The van der Waals surface area contributed by atoms with Crippen molar-refractivity contribution in [1.29, 1.82) is 0 Å². The highest BCUT2D eigenvalue weighted by Crippen LogP contribution is 2.43. The number of rotatable bonds is 1. The number of likely N-dealkylation sites (N-methyl/N-ethyl adjacent to an activating group) is 1. The summed E-state index contributed by atoms with van der Waals surface area (Å²) in [5, 5.41) is 0.569. The maximum Gasteiger partial charge on any atom is 0.0633 e. The molecule has 2 heteroatoms. The summed E-state index contributed by atoms with van der Waals surface area (Å²) in [6, 6.07) is 9.24. The lowest BCUT2D eigenvalue weighted by molar-refractivity contribution is 0.699. The van der Waals surface area contributed by atoms with Crippen LogP contribution in [0.25, 0.3) is 0 Å². The summed E-state index contributed by atoms with van der Waals surface area (Å²) in [5.41, 5.74) is 1.39. The van der Waals surface area contributed by atoms with Crippen molar-refractivity contribution in [3.63, 3.8) is 0 Å². The van der Waals surface area contributed by atoms with Crippen LogP contribution >= 0.6 is 11.8 Å². The molecule has 2 unspecified atom stereocenters. The molecule has 1 nitrogen and oxygen atoms in total. The molecule has 0 saturated carbocycles. The zero-order valence-corrected chi connectivity index (χ0v) is 10.2. The third kappa shape index (κ3) is 1.49. The second-order valence-corrected chi connectivity index (χ2v) is 5.32. The van der Waals surface area contributed by atoms with E-state index in [1.807, 2.05) is 11.8 Å². The van der Waals surface area contributed by atoms with Gasteiger partial charge in [0.25, 0.3) is 0 Å². The molecule has 82 valence electrons. The monoisotopic (exact) mass is 229 g/mol. The highest BCUT2D eigenvalue weighted by Gasteiger charge is 2.31. The molecule has 0 amide bonds. The summed E-state index contributed by atoms with van der Waals surface area (Å²) in [5.74, 6) is 0. The van der Waals surface area contributed by atoms with Crippen LogP contribution in [0.2, 0.25) is 0 Å². The van der Waals surface area contributed by atoms with Gasteiger partial charge < -0.3 is 4.90 Å². The highest BCUT2D eigenvalue weighted by molar-refractivity contribution is 8.00. The van der Waals surface area contributed by atoms with Gasteiger partial charge in [-0.1, -0.05) is 36.4 Å². The minimum Gasteiger partial charge on any atom is -0.363 e. The van der Waals surface area contributed by atoms with Gasteiger partial charge in [-0.2, -0.15) is 0 Å². The molecule has 0 bridgehead atoms. The lowest BCUT2D eigenvalue weighted by Crippen LogP contribution is -2.43. The second-order valence-electron chi connectivity index (χ2n) is 4.10. The maximum absolute atomic E-state index is 2.50. The maximum atomic E-state index is 2.50. The van der Waals surface area contributed by atoms with Crippen LogP contribution in [0.1, 0.15) is 6.92 Å². The number of benzene rings is 1. The van der Waals surface area contributed by atoms with Crippen LogP contribution in [0.5, 0.6) is 0 Å². The van der Waals surface area contributed by atoms with Gasteiger partial charge in [-0.3, -0.25) is 0 Å². The molecule has 0 aromatic heterocycles. The third-order valence-electron chi connectivity index (χ3n) is 3.20. The fraction of sp³-hybridized carbons (Fsp3) is 0.286. The molecule has 1 aliphatic heterocycles. The van der Waals surface area contributed by atoms with Gasteiger partial charge in [-0.05, 0) is 19.1 Å². The summed E-state index contributed by atoms with van der Waals surface area (Å²) in [6.45, 7) is 3.30. The van der Waals surface area contributed by atoms with Gasteiger partial charge in [0.15, 0.2) is 0 Å². The lowest BCUT2D eigenvalue weighted by atomic mass is 10.0. The first-order valence-corrected chi connectivity index (χ1v) is 6.65. The summed E-state index contributed by atoms with van der Waals surface area (Å²) < 4.78 is 0. The van der Waals surface area contributed by atoms with Crippen LogP contribution in [-0.4, -0.2) is 17.8 Å². The van der Waals surface area contributed by atoms with Crippen molar-refractivity contribution in [2.45, 2.75) is 23.1 Å². The van der Waals surface area contributed by atoms with Crippen LogP contribution in [0.3, 0.4) is 0 Å². The van der Waals surface area contributed by atoms with Gasteiger partial charge in [0.05, 0.1) is 17.0 Å². The van der Waals surface area contributed by atoms with Gasteiger partial charge in [0.1, 0.15) is 0 Å². The van der Waals surface area contributed by atoms with Crippen LogP contribution in [0.15, 0.2) is 53.5 Å². The van der Waals surface area contributed by atoms with E-state index in [-0.39, 0.29) is 0 Å². The SMILES string of the molecule is CCN1c2ccccc2SC2C=CC=CC21. The zero-order valence-electron chi connectivity index (χ0n) is 9.34. The molecule has 3 rings (SSSR count). The first kappa shape index (κ1) is 10.0. The molecule has 1 aliphatic carbocycles. The number of anilines is 1. The summed E-state index contributed by atoms with van der Waals surface area (Å²) >= 11 is 1.98. The molecule has 1 aromatic rings. The van der Waals surface area contributed by atoms with Gasteiger partial charge in [0.2, 0.25) is 0 Å². The fourth-order valence-electron chi connectivity index (χ4n) is 2.45. The molecule has 0 fully saturated rings. The number of para-hydroxylation sites is 1. The van der Waals surface area contributed by atoms with Crippen molar-refractivity contribution in [3.8, 4) is 0 Å². The molecule has 16 heavy (non-hydrogen) atoms. The molecule has 0 N–H and O–H groups in total. The number of hydrogen-bond acceptors (Lipinski definition) is 2. The Morgan fingerprint density at radius 3 is 2.88 bits per heavy atom. The van der Waals surface area contributed by atoms with Crippen LogP contribution in [0, 0.1) is 0 Å². The molecule has 1 aromatic carbocycles. The summed E-state index contributed by atoms with van der Waals surface area (Å²) in [7, 11) is 0. The Hall–Kier alpha value is -1.15. The number of nitrogens with zero attached hydrogens (tertiary/aromatic N) is 1. The second kappa shape index (κ2) is 4.02. The van der Waals surface area contributed by atoms with Gasteiger partial charge in [0, 0.05) is 11.4 Å². The van der Waals surface area contributed by atoms with E-state index in [2.05, 4.69) is 60.4 Å². The predicted octanol–water partition coefficient (Wildman–Crippen LogP) is 3.48. The smallest absolute Gasteiger partial charge is 0.0633 e. The van der Waals surface area contributed by atoms with E-state index in [4.69, 9.17) is 0 Å². The predicted molar refractivity (Wildman–Crippen MR) is 71.2 cm³/mol. The lowest BCUT2D eigenvalue weighted by Gasteiger charge is -2.41. The number of hydrogen-bond donors (Lipinski definition) is 0. The van der Waals surface area contributed by atoms with Crippen LogP contribution in [0.4, 0.5) is 5.69 Å². The molecular formula is C14H15NS. The summed E-state index contributed by atoms with van der Waals surface area (Å²) in [6.07, 6.45) is 8.96. The van der Waals surface area contributed by atoms with Crippen molar-refractivity contribution >= 4 is 17.4 Å². The van der Waals surface area contributed by atoms with E-state index in [9.17, 15) is 0 Å². The van der Waals surface area contributed by atoms with Crippen molar-refractivity contribution < 1.29 is 0 Å². The Labute approximate surface area is 101 Å². The first-order valence-electron chi connectivity index (χ1n) is 5.77. The molecule has 2 aliphatic rings. The van der Waals surface area contributed by atoms with Crippen molar-refractivity contribution in [3.05, 3.63) is 48.6 Å². The van der Waals surface area contributed by atoms with Gasteiger partial charge in [-0.15, -0.1) is 11.8 Å². The molecule has 2 atom stereocenters. The normalized spacial score (nSPS) is 26.4. The van der Waals surface area contributed by atoms with E-state index in [1.54, 1.807) is 0 Å². The number of thioether (sulfide) groups is 1. The van der Waals surface area contributed by atoms with E-state index in [0.717, 1.165) is 6.54 Å². The number of fused-ring (bicyclic) bond motifs is 2. The van der Waals surface area contributed by atoms with Gasteiger partial charge >= 0.3 is 0 Å². The fourth-order valence-corrected chi connectivity index (χ4v) is 3.75. The standard InChI is InChI=1S/C14H15NS/c1-2-15-11-7-3-5-9-13(11)16-14-10-6-4-8-12(14)15/h3-11,13H,2H2,1H3. The van der Waals surface area contributed by atoms with Crippen LogP contribution in [-0.2, 0) is 0 Å². The quantitative estimate of drug-likeness (QED) is 0.725. The highest BCUT2D eigenvalue weighted by atomic mass is 32.2. The Kier molecular flexibility index (Phi) is 2.52. The molecular weight excluding hydrogens is 214 g/mol. The minimum absolute atomic E-state index is 0.523. The van der Waals surface area contributed by atoms with Crippen molar-refractivity contribution in [2.75, 3.05) is 11.4 Å². The Morgan fingerprint density at radius 1 is 1.19 bits per heavy atom. The van der Waals surface area contributed by atoms with E-state index in [0.29, 0.717) is 11.3 Å². The van der Waals surface area contributed by atoms with Crippen molar-refractivity contribution in [2.24, 2.45) is 0 Å². The van der Waals surface area contributed by atoms with E-state index < -0.39 is 0 Å². The molecule has 0 spiro atoms.